The Morgan fingerprint density at radius 1 is 0.410 bits per heavy atom. The van der Waals surface area contributed by atoms with E-state index in [9.17, 15) is 5.26 Å². The normalized spacial score (nSPS) is 12.7. The third kappa shape index (κ3) is 4.97. The Hall–Kier alpha value is -8.44. The minimum atomic E-state index is -0.621. The van der Waals surface area contributed by atoms with Gasteiger partial charge < -0.3 is 0 Å². The van der Waals surface area contributed by atoms with Crippen molar-refractivity contribution in [3.05, 3.63) is 234 Å². The Morgan fingerprint density at radius 3 is 1.43 bits per heavy atom. The number of benzene rings is 8. The number of rotatable bonds is 4. The van der Waals surface area contributed by atoms with E-state index in [-0.39, 0.29) is 0 Å². The predicted molar refractivity (Wildman–Crippen MR) is 246 cm³/mol. The Kier molecular flexibility index (Phi) is 7.54. The third-order valence-electron chi connectivity index (χ3n) is 12.8. The fourth-order valence-corrected chi connectivity index (χ4v) is 10.4. The molecule has 0 bridgehead atoms. The Morgan fingerprint density at radius 2 is 0.885 bits per heavy atom. The molecule has 10 aromatic rings. The number of nitriles is 1. The van der Waals surface area contributed by atoms with Crippen LogP contribution in [-0.4, -0.2) is 9.97 Å². The van der Waals surface area contributed by atoms with E-state index in [1.807, 2.05) is 24.5 Å². The highest BCUT2D eigenvalue weighted by Crippen LogP contribution is 2.66. The monoisotopic (exact) mass is 772 g/mol. The summed E-state index contributed by atoms with van der Waals surface area (Å²) in [7, 11) is 0. The number of fused-ring (bicyclic) bond motifs is 14. The minimum absolute atomic E-state index is 0.521. The van der Waals surface area contributed by atoms with Crippen LogP contribution in [0, 0.1) is 17.9 Å². The van der Waals surface area contributed by atoms with Gasteiger partial charge in [0.25, 0.3) is 0 Å². The molecule has 2 aromatic heterocycles. The molecule has 4 heteroatoms. The molecule has 8 aromatic carbocycles. The van der Waals surface area contributed by atoms with E-state index >= 15 is 0 Å². The fraction of sp³-hybridized carbons (Fsp3) is 0.0175. The van der Waals surface area contributed by atoms with Gasteiger partial charge in [0, 0.05) is 30.4 Å². The van der Waals surface area contributed by atoms with Crippen molar-refractivity contribution in [3.63, 3.8) is 0 Å². The van der Waals surface area contributed by atoms with Crippen LogP contribution in [-0.2, 0) is 5.41 Å². The summed E-state index contributed by atoms with van der Waals surface area (Å²) in [6.07, 6.45) is 6.89. The zero-order valence-corrected chi connectivity index (χ0v) is 32.8. The first kappa shape index (κ1) is 34.6. The van der Waals surface area contributed by atoms with Crippen LogP contribution in [0.5, 0.6) is 0 Å². The number of aromatic nitrogens is 2. The molecule has 0 saturated heterocycles. The molecule has 0 N–H and O–H groups in total. The standard InChI is InChI=1S/C57H32N4/c1-59-42-27-41(33-61-34-42)37-13-11-15-39(26-37)50-29-54-56(48-21-5-3-17-44(48)50)55-47-20-4-2-16-43(47)49(38-14-10-12-36(25-38)40-24-35(30-58)31-60-32-40)28-53(55)57(54)51-22-8-6-18-45(51)46-19-7-9-23-52(46)57/h2-29,31-34H. The van der Waals surface area contributed by atoms with Crippen LogP contribution in [0.15, 0.2) is 195 Å². The van der Waals surface area contributed by atoms with E-state index in [0.29, 0.717) is 11.3 Å². The average molecular weight is 773 g/mol. The molecule has 0 saturated carbocycles. The van der Waals surface area contributed by atoms with Crippen LogP contribution in [0.4, 0.5) is 5.69 Å². The zero-order chi connectivity index (χ0) is 40.7. The van der Waals surface area contributed by atoms with Crippen LogP contribution in [0.25, 0.3) is 93.2 Å². The topological polar surface area (TPSA) is 53.9 Å². The number of nitrogens with zero attached hydrogens (tertiary/aromatic N) is 4. The molecule has 0 amide bonds. The maximum Gasteiger partial charge on any atom is 0.205 e. The largest absolute Gasteiger partial charge is 0.276 e. The first-order valence-electron chi connectivity index (χ1n) is 20.4. The van der Waals surface area contributed by atoms with Crippen molar-refractivity contribution >= 4 is 27.2 Å². The molecule has 0 atom stereocenters. The lowest BCUT2D eigenvalue weighted by Gasteiger charge is -2.31. The van der Waals surface area contributed by atoms with E-state index in [2.05, 4.69) is 179 Å². The van der Waals surface area contributed by atoms with Gasteiger partial charge in [-0.1, -0.05) is 133 Å². The van der Waals surface area contributed by atoms with Crippen LogP contribution >= 0.6 is 0 Å². The average Bonchev–Trinajstić information content (AvgIpc) is 3.81. The molecule has 1 spiro atoms. The van der Waals surface area contributed by atoms with Gasteiger partial charge in [0.2, 0.25) is 5.69 Å². The highest BCUT2D eigenvalue weighted by atomic mass is 14.7. The van der Waals surface area contributed by atoms with Crippen LogP contribution in [0.1, 0.15) is 27.8 Å². The van der Waals surface area contributed by atoms with Gasteiger partial charge in [-0.25, -0.2) is 4.85 Å². The van der Waals surface area contributed by atoms with Crippen LogP contribution in [0.2, 0.25) is 0 Å². The molecule has 0 aliphatic heterocycles. The summed E-state index contributed by atoms with van der Waals surface area (Å²) in [4.78, 5) is 12.4. The van der Waals surface area contributed by atoms with Gasteiger partial charge in [-0.3, -0.25) is 9.97 Å². The molecule has 4 nitrogen and oxygen atoms in total. The molecular formula is C57H32N4. The second kappa shape index (κ2) is 13.3. The van der Waals surface area contributed by atoms with Crippen molar-refractivity contribution in [1.29, 1.82) is 5.26 Å². The second-order valence-electron chi connectivity index (χ2n) is 15.9. The van der Waals surface area contributed by atoms with Gasteiger partial charge in [-0.05, 0) is 141 Å². The molecule has 2 heterocycles. The van der Waals surface area contributed by atoms with Crippen molar-refractivity contribution in [1.82, 2.24) is 9.97 Å². The highest BCUT2D eigenvalue weighted by molar-refractivity contribution is 6.18. The number of pyridine rings is 2. The first-order valence-corrected chi connectivity index (χ1v) is 20.4. The molecule has 280 valence electrons. The predicted octanol–water partition coefficient (Wildman–Crippen LogP) is 14.2. The van der Waals surface area contributed by atoms with Crippen LogP contribution < -0.4 is 0 Å². The SMILES string of the molecule is [C-]#[N+]c1cncc(-c2cccc(-c3cc4c(c5ccccc35)-c3c(cc(-c5cccc(-c6cncc(C#N)c6)c5)c5ccccc35)C43c4ccccc4-c4ccccc43)c2)c1. The maximum absolute atomic E-state index is 9.69. The van der Waals surface area contributed by atoms with Crippen molar-refractivity contribution in [3.8, 4) is 72.8 Å². The van der Waals surface area contributed by atoms with Gasteiger partial charge in [-0.15, -0.1) is 0 Å². The summed E-state index contributed by atoms with van der Waals surface area (Å²) in [5.74, 6) is 0. The third-order valence-corrected chi connectivity index (χ3v) is 12.8. The van der Waals surface area contributed by atoms with Gasteiger partial charge in [0.05, 0.1) is 17.6 Å². The summed E-state index contributed by atoms with van der Waals surface area (Å²) in [6.45, 7) is 7.62. The van der Waals surface area contributed by atoms with Gasteiger partial charge in [-0.2, -0.15) is 5.26 Å². The summed E-state index contributed by atoms with van der Waals surface area (Å²) in [5.41, 5.74) is 18.9. The van der Waals surface area contributed by atoms with Gasteiger partial charge in [0.1, 0.15) is 6.07 Å². The smallest absolute Gasteiger partial charge is 0.205 e. The Labute approximate surface area is 353 Å². The lowest BCUT2D eigenvalue weighted by atomic mass is 9.69. The van der Waals surface area contributed by atoms with E-state index < -0.39 is 5.41 Å². The Bertz CT molecular complexity index is 3350. The molecule has 0 radical (unpaired) electrons. The molecule has 2 aliphatic rings. The molecule has 61 heavy (non-hydrogen) atoms. The summed E-state index contributed by atoms with van der Waals surface area (Å²) < 4.78 is 0. The van der Waals surface area contributed by atoms with Crippen LogP contribution in [0.3, 0.4) is 0 Å². The van der Waals surface area contributed by atoms with Crippen molar-refractivity contribution < 1.29 is 0 Å². The highest BCUT2D eigenvalue weighted by Gasteiger charge is 2.53. The number of hydrogen-bond donors (Lipinski definition) is 0. The number of hydrogen-bond acceptors (Lipinski definition) is 3. The van der Waals surface area contributed by atoms with E-state index in [0.717, 1.165) is 44.5 Å². The molecule has 2 aliphatic carbocycles. The van der Waals surface area contributed by atoms with Crippen molar-refractivity contribution in [2.45, 2.75) is 5.41 Å². The second-order valence-corrected chi connectivity index (χ2v) is 15.9. The first-order chi connectivity index (χ1) is 30.1. The lowest BCUT2D eigenvalue weighted by molar-refractivity contribution is 0.795. The van der Waals surface area contributed by atoms with Crippen molar-refractivity contribution in [2.24, 2.45) is 0 Å². The Balaban J connectivity index is 1.20. The maximum atomic E-state index is 9.69. The molecule has 12 rings (SSSR count). The minimum Gasteiger partial charge on any atom is -0.276 e. The van der Waals surface area contributed by atoms with Gasteiger partial charge in [0.15, 0.2) is 0 Å². The summed E-state index contributed by atoms with van der Waals surface area (Å²) in [5, 5.41) is 14.5. The molecule has 0 fully saturated rings. The quantitative estimate of drug-likeness (QED) is 0.167. The zero-order valence-electron chi connectivity index (χ0n) is 32.8. The molecular weight excluding hydrogens is 741 g/mol. The van der Waals surface area contributed by atoms with Crippen molar-refractivity contribution in [2.75, 3.05) is 0 Å². The van der Waals surface area contributed by atoms with E-state index in [1.54, 1.807) is 12.4 Å². The fourth-order valence-electron chi connectivity index (χ4n) is 10.4. The summed E-state index contributed by atoms with van der Waals surface area (Å²) >= 11 is 0. The lowest BCUT2D eigenvalue weighted by Crippen LogP contribution is -2.26. The van der Waals surface area contributed by atoms with E-state index in [1.165, 1.54) is 66.1 Å². The molecule has 0 unspecified atom stereocenters. The summed E-state index contributed by atoms with van der Waals surface area (Å²) in [6, 6.07) is 64.0. The van der Waals surface area contributed by atoms with E-state index in [4.69, 9.17) is 6.57 Å². The van der Waals surface area contributed by atoms with Gasteiger partial charge >= 0.3 is 0 Å².